The van der Waals surface area contributed by atoms with Crippen molar-refractivity contribution in [3.05, 3.63) is 92.4 Å². The van der Waals surface area contributed by atoms with Crippen molar-refractivity contribution in [1.82, 2.24) is 4.90 Å². The number of hydrogen-bond acceptors (Lipinski definition) is 5. The normalized spacial score (nSPS) is 17.7. The Morgan fingerprint density at radius 2 is 1.97 bits per heavy atom. The second kappa shape index (κ2) is 9.14. The third-order valence-corrected chi connectivity index (χ3v) is 6.34. The monoisotopic (exact) mass is 471 g/mol. The van der Waals surface area contributed by atoms with Crippen LogP contribution in [-0.2, 0) is 16.1 Å². The molecule has 0 aliphatic carbocycles. The largest absolute Gasteiger partial charge is 0.507 e. The first kappa shape index (κ1) is 22.0. The summed E-state index contributed by atoms with van der Waals surface area (Å²) in [4.78, 5) is 28.2. The highest BCUT2D eigenvalue weighted by Crippen LogP contribution is 2.42. The molecule has 2 heterocycles. The van der Waals surface area contributed by atoms with Gasteiger partial charge >= 0.3 is 0 Å². The number of ketones is 1. The molecule has 0 radical (unpaired) electrons. The van der Waals surface area contributed by atoms with E-state index in [4.69, 9.17) is 16.3 Å². The van der Waals surface area contributed by atoms with Crippen molar-refractivity contribution >= 4 is 40.4 Å². The molecule has 164 valence electrons. The highest BCUT2D eigenvalue weighted by Gasteiger charge is 2.47. The molecule has 5 nitrogen and oxygen atoms in total. The van der Waals surface area contributed by atoms with Crippen LogP contribution in [0.2, 0.25) is 5.02 Å². The number of halogens is 2. The quantitative estimate of drug-likeness (QED) is 0.290. The number of likely N-dealkylation sites (tertiary alicyclic amines) is 1. The summed E-state index contributed by atoms with van der Waals surface area (Å²) in [5.74, 6) is -2.34. The number of ether oxygens (including phenoxy) is 1. The van der Waals surface area contributed by atoms with Crippen LogP contribution >= 0.6 is 22.9 Å². The van der Waals surface area contributed by atoms with Crippen LogP contribution in [0.4, 0.5) is 4.39 Å². The number of carbonyl (C=O) groups excluding carboxylic acids is 2. The number of nitrogens with zero attached hydrogens (tertiary/aromatic N) is 1. The molecule has 1 aromatic heterocycles. The van der Waals surface area contributed by atoms with E-state index in [1.54, 1.807) is 12.1 Å². The molecule has 8 heteroatoms. The highest BCUT2D eigenvalue weighted by molar-refractivity contribution is 7.09. The molecule has 1 unspecified atom stereocenters. The lowest BCUT2D eigenvalue weighted by Gasteiger charge is -2.25. The highest BCUT2D eigenvalue weighted by atomic mass is 35.5. The summed E-state index contributed by atoms with van der Waals surface area (Å²) in [6, 6.07) is 13.1. The van der Waals surface area contributed by atoms with Gasteiger partial charge in [-0.1, -0.05) is 35.9 Å². The molecule has 4 rings (SSSR count). The third-order valence-electron chi connectivity index (χ3n) is 5.15. The molecular weight excluding hydrogens is 453 g/mol. The lowest BCUT2D eigenvalue weighted by atomic mass is 9.95. The van der Waals surface area contributed by atoms with Gasteiger partial charge < -0.3 is 14.7 Å². The maximum Gasteiger partial charge on any atom is 0.295 e. The van der Waals surface area contributed by atoms with Gasteiger partial charge in [0, 0.05) is 16.0 Å². The van der Waals surface area contributed by atoms with Crippen LogP contribution in [0.1, 0.15) is 29.0 Å². The Morgan fingerprint density at radius 3 is 2.66 bits per heavy atom. The molecular formula is C24H19ClFNO4S. The Labute approximate surface area is 193 Å². The lowest BCUT2D eigenvalue weighted by Crippen LogP contribution is -2.29. The summed E-state index contributed by atoms with van der Waals surface area (Å²) >= 11 is 7.71. The van der Waals surface area contributed by atoms with Gasteiger partial charge in [-0.05, 0) is 42.6 Å². The number of rotatable bonds is 6. The fraction of sp³-hybridized carbons (Fsp3) is 0.167. The zero-order chi connectivity index (χ0) is 22.8. The first-order valence-electron chi connectivity index (χ1n) is 9.90. The molecule has 32 heavy (non-hydrogen) atoms. The fourth-order valence-corrected chi connectivity index (χ4v) is 4.63. The van der Waals surface area contributed by atoms with Gasteiger partial charge in [0.05, 0.1) is 29.8 Å². The second-order valence-electron chi connectivity index (χ2n) is 7.10. The van der Waals surface area contributed by atoms with E-state index < -0.39 is 29.3 Å². The van der Waals surface area contributed by atoms with Crippen LogP contribution in [0.25, 0.3) is 5.76 Å². The Morgan fingerprint density at radius 1 is 1.19 bits per heavy atom. The van der Waals surface area contributed by atoms with E-state index >= 15 is 0 Å². The van der Waals surface area contributed by atoms with E-state index in [1.165, 1.54) is 46.6 Å². The summed E-state index contributed by atoms with van der Waals surface area (Å²) in [7, 11) is 0. The van der Waals surface area contributed by atoms with Gasteiger partial charge in [-0.25, -0.2) is 4.39 Å². The topological polar surface area (TPSA) is 66.8 Å². The van der Waals surface area contributed by atoms with E-state index in [0.717, 1.165) is 4.88 Å². The molecule has 1 amide bonds. The SMILES string of the molecule is CCOc1ccc(Cl)c(/C(O)=C2\C(=O)C(=O)N(Cc3cccs3)C2c2ccccc2F)c1. The molecule has 1 atom stereocenters. The minimum Gasteiger partial charge on any atom is -0.507 e. The molecule has 1 aliphatic heterocycles. The Balaban J connectivity index is 1.91. The van der Waals surface area contributed by atoms with Gasteiger partial charge in [0.1, 0.15) is 17.3 Å². The van der Waals surface area contributed by atoms with E-state index in [0.29, 0.717) is 12.4 Å². The first-order chi connectivity index (χ1) is 15.4. The molecule has 1 fully saturated rings. The van der Waals surface area contributed by atoms with Crippen molar-refractivity contribution in [2.45, 2.75) is 19.5 Å². The van der Waals surface area contributed by atoms with Crippen molar-refractivity contribution in [2.24, 2.45) is 0 Å². The second-order valence-corrected chi connectivity index (χ2v) is 8.54. The number of aliphatic hydroxyl groups is 1. The smallest absolute Gasteiger partial charge is 0.295 e. The van der Waals surface area contributed by atoms with Crippen LogP contribution in [0.5, 0.6) is 5.75 Å². The van der Waals surface area contributed by atoms with Crippen molar-refractivity contribution in [1.29, 1.82) is 0 Å². The van der Waals surface area contributed by atoms with Crippen molar-refractivity contribution in [3.8, 4) is 5.75 Å². The number of Topliss-reactive ketones (excluding diaryl/α,β-unsaturated/α-hetero) is 1. The van der Waals surface area contributed by atoms with Gasteiger partial charge in [-0.2, -0.15) is 0 Å². The predicted molar refractivity (Wildman–Crippen MR) is 121 cm³/mol. The zero-order valence-corrected chi connectivity index (χ0v) is 18.6. The number of carbonyl (C=O) groups is 2. The van der Waals surface area contributed by atoms with Gasteiger partial charge in [0.15, 0.2) is 0 Å². The van der Waals surface area contributed by atoms with Gasteiger partial charge in [-0.3, -0.25) is 9.59 Å². The standard InChI is InChI=1S/C24H19ClFNO4S/c1-2-31-14-9-10-18(25)17(12-14)22(28)20-21(16-7-3-4-8-19(16)26)27(24(30)23(20)29)13-15-6-5-11-32-15/h3-12,21,28H,2,13H2,1H3/b22-20+. The van der Waals surface area contributed by atoms with E-state index in [-0.39, 0.29) is 28.3 Å². The van der Waals surface area contributed by atoms with Crippen LogP contribution < -0.4 is 4.74 Å². The van der Waals surface area contributed by atoms with Crippen LogP contribution in [0, 0.1) is 5.82 Å². The van der Waals surface area contributed by atoms with Gasteiger partial charge in [0.25, 0.3) is 11.7 Å². The number of thiophene rings is 1. The van der Waals surface area contributed by atoms with Gasteiger partial charge in [-0.15, -0.1) is 11.3 Å². The average molecular weight is 472 g/mol. The molecule has 1 aliphatic rings. The van der Waals surface area contributed by atoms with Crippen molar-refractivity contribution < 1.29 is 23.8 Å². The summed E-state index contributed by atoms with van der Waals surface area (Å²) < 4.78 is 20.3. The molecule has 0 bridgehead atoms. The fourth-order valence-electron chi connectivity index (χ4n) is 3.72. The minimum atomic E-state index is -1.11. The summed E-state index contributed by atoms with van der Waals surface area (Å²) in [5, 5.41) is 13.2. The number of benzene rings is 2. The number of amides is 1. The van der Waals surface area contributed by atoms with Crippen molar-refractivity contribution in [2.75, 3.05) is 6.61 Å². The Kier molecular flexibility index (Phi) is 6.30. The Bertz CT molecular complexity index is 1210. The predicted octanol–water partition coefficient (Wildman–Crippen LogP) is 5.56. The third kappa shape index (κ3) is 4.01. The zero-order valence-electron chi connectivity index (χ0n) is 17.0. The van der Waals surface area contributed by atoms with Crippen LogP contribution in [0.3, 0.4) is 0 Å². The van der Waals surface area contributed by atoms with Crippen LogP contribution in [0.15, 0.2) is 65.6 Å². The molecule has 0 saturated carbocycles. The first-order valence-corrected chi connectivity index (χ1v) is 11.2. The average Bonchev–Trinajstić information content (AvgIpc) is 3.38. The molecule has 3 aromatic rings. The molecule has 2 aromatic carbocycles. The minimum absolute atomic E-state index is 0.102. The number of aliphatic hydroxyl groups excluding tert-OH is 1. The maximum atomic E-state index is 14.8. The van der Waals surface area contributed by atoms with E-state index in [2.05, 4.69) is 0 Å². The molecule has 0 spiro atoms. The van der Waals surface area contributed by atoms with E-state index in [9.17, 15) is 19.1 Å². The summed E-state index contributed by atoms with van der Waals surface area (Å²) in [6.07, 6.45) is 0. The Hall–Kier alpha value is -3.16. The number of hydrogen-bond donors (Lipinski definition) is 1. The van der Waals surface area contributed by atoms with Crippen LogP contribution in [-0.4, -0.2) is 28.3 Å². The molecule has 1 N–H and O–H groups in total. The van der Waals surface area contributed by atoms with E-state index in [1.807, 2.05) is 24.4 Å². The molecule has 1 saturated heterocycles. The summed E-state index contributed by atoms with van der Waals surface area (Å²) in [5.41, 5.74) is 0.0298. The summed E-state index contributed by atoms with van der Waals surface area (Å²) in [6.45, 7) is 2.30. The maximum absolute atomic E-state index is 14.8. The lowest BCUT2D eigenvalue weighted by molar-refractivity contribution is -0.140. The van der Waals surface area contributed by atoms with Crippen molar-refractivity contribution in [3.63, 3.8) is 0 Å². The van der Waals surface area contributed by atoms with Gasteiger partial charge in [0.2, 0.25) is 0 Å².